The van der Waals surface area contributed by atoms with Crippen LogP contribution in [0.2, 0.25) is 0 Å². The van der Waals surface area contributed by atoms with Gasteiger partial charge in [0.25, 0.3) is 0 Å². The number of fused-ring (bicyclic) bond motifs is 1. The molecule has 0 bridgehead atoms. The summed E-state index contributed by atoms with van der Waals surface area (Å²) in [5, 5.41) is 9.55. The molecule has 1 aliphatic carbocycles. The topological polar surface area (TPSA) is 66.8 Å². The molecule has 5 heteroatoms. The molecule has 0 radical (unpaired) electrons. The van der Waals surface area contributed by atoms with E-state index in [0.29, 0.717) is 12.5 Å². The van der Waals surface area contributed by atoms with E-state index in [-0.39, 0.29) is 18.2 Å². The maximum absolute atomic E-state index is 12.7. The van der Waals surface area contributed by atoms with Gasteiger partial charge in [-0.25, -0.2) is 4.79 Å². The molecule has 0 spiro atoms. The van der Waals surface area contributed by atoms with Crippen molar-refractivity contribution in [3.05, 3.63) is 29.3 Å². The van der Waals surface area contributed by atoms with E-state index in [1.54, 1.807) is 12.0 Å². The number of amides is 1. The first-order valence-electron chi connectivity index (χ1n) is 8.17. The third-order valence-corrected chi connectivity index (χ3v) is 5.29. The van der Waals surface area contributed by atoms with Crippen molar-refractivity contribution in [2.75, 3.05) is 13.7 Å². The van der Waals surface area contributed by atoms with Crippen molar-refractivity contribution in [3.63, 3.8) is 0 Å². The lowest BCUT2D eigenvalue weighted by atomic mass is 9.94. The molecular weight excluding hydrogens is 294 g/mol. The first kappa shape index (κ1) is 15.8. The van der Waals surface area contributed by atoms with Crippen LogP contribution in [0, 0.1) is 18.8 Å². The molecule has 3 rings (SSSR count). The summed E-state index contributed by atoms with van der Waals surface area (Å²) in [4.78, 5) is 25.9. The van der Waals surface area contributed by atoms with Crippen molar-refractivity contribution >= 4 is 11.9 Å². The number of rotatable bonds is 4. The van der Waals surface area contributed by atoms with E-state index in [1.165, 1.54) is 0 Å². The number of hydrogen-bond donors (Lipinski definition) is 1. The molecule has 1 N–H and O–H groups in total. The van der Waals surface area contributed by atoms with Crippen LogP contribution >= 0.6 is 0 Å². The van der Waals surface area contributed by atoms with Gasteiger partial charge >= 0.3 is 5.97 Å². The molecule has 1 saturated carbocycles. The van der Waals surface area contributed by atoms with Gasteiger partial charge in [-0.05, 0) is 48.8 Å². The molecule has 1 aliphatic heterocycles. The van der Waals surface area contributed by atoms with Crippen molar-refractivity contribution < 1.29 is 19.4 Å². The van der Waals surface area contributed by atoms with Gasteiger partial charge in [0.05, 0.1) is 13.5 Å². The molecule has 3 unspecified atom stereocenters. The summed E-state index contributed by atoms with van der Waals surface area (Å²) < 4.78 is 5.29. The molecule has 124 valence electrons. The fourth-order valence-electron chi connectivity index (χ4n) is 4.13. The minimum atomic E-state index is -0.866. The summed E-state index contributed by atoms with van der Waals surface area (Å²) in [6, 6.07) is 5.04. The Morgan fingerprint density at radius 3 is 2.83 bits per heavy atom. The second-order valence-electron chi connectivity index (χ2n) is 6.66. The van der Waals surface area contributed by atoms with Crippen molar-refractivity contribution in [2.24, 2.45) is 11.8 Å². The van der Waals surface area contributed by atoms with Gasteiger partial charge in [-0.15, -0.1) is 0 Å². The number of benzene rings is 1. The fraction of sp³-hybridized carbons (Fsp3) is 0.556. The summed E-state index contributed by atoms with van der Waals surface area (Å²) in [7, 11) is 1.61. The molecule has 1 saturated heterocycles. The molecule has 1 heterocycles. The van der Waals surface area contributed by atoms with Gasteiger partial charge in [0.2, 0.25) is 5.91 Å². The molecule has 3 atom stereocenters. The average molecular weight is 317 g/mol. The minimum Gasteiger partial charge on any atom is -0.496 e. The lowest BCUT2D eigenvalue weighted by molar-refractivity contribution is -0.149. The normalized spacial score (nSPS) is 26.2. The summed E-state index contributed by atoms with van der Waals surface area (Å²) >= 11 is 0. The highest BCUT2D eigenvalue weighted by atomic mass is 16.5. The van der Waals surface area contributed by atoms with Crippen LogP contribution in [0.1, 0.15) is 30.4 Å². The zero-order valence-corrected chi connectivity index (χ0v) is 13.6. The van der Waals surface area contributed by atoms with Gasteiger partial charge in [-0.3, -0.25) is 4.79 Å². The number of ether oxygens (including phenoxy) is 1. The van der Waals surface area contributed by atoms with Crippen LogP contribution in [0.25, 0.3) is 0 Å². The van der Waals surface area contributed by atoms with E-state index >= 15 is 0 Å². The van der Waals surface area contributed by atoms with E-state index in [2.05, 4.69) is 0 Å². The number of hydrogen-bond acceptors (Lipinski definition) is 3. The van der Waals surface area contributed by atoms with E-state index in [1.807, 2.05) is 25.1 Å². The van der Waals surface area contributed by atoms with Crippen LogP contribution < -0.4 is 4.74 Å². The highest BCUT2D eigenvalue weighted by Crippen LogP contribution is 2.42. The molecule has 1 aromatic rings. The highest BCUT2D eigenvalue weighted by molar-refractivity contribution is 5.86. The summed E-state index contributed by atoms with van der Waals surface area (Å²) in [6.45, 7) is 2.54. The number of aliphatic carboxylic acids is 1. The first-order valence-corrected chi connectivity index (χ1v) is 8.17. The van der Waals surface area contributed by atoms with E-state index in [0.717, 1.165) is 36.1 Å². The first-order chi connectivity index (χ1) is 11.0. The number of methoxy groups -OCH3 is 1. The van der Waals surface area contributed by atoms with Gasteiger partial charge in [-0.1, -0.05) is 18.6 Å². The van der Waals surface area contributed by atoms with Gasteiger partial charge in [0, 0.05) is 6.54 Å². The lowest BCUT2D eigenvalue weighted by Gasteiger charge is -2.24. The minimum absolute atomic E-state index is 0.0993. The summed E-state index contributed by atoms with van der Waals surface area (Å²) in [5.74, 6) is 0.270. The number of carboxylic acid groups (broad SMARTS) is 1. The largest absolute Gasteiger partial charge is 0.496 e. The Labute approximate surface area is 136 Å². The molecule has 23 heavy (non-hydrogen) atoms. The fourth-order valence-corrected chi connectivity index (χ4v) is 4.13. The Hall–Kier alpha value is -2.04. The second kappa shape index (κ2) is 6.22. The molecule has 1 aromatic carbocycles. The number of carbonyl (C=O) groups excluding carboxylic acids is 1. The maximum Gasteiger partial charge on any atom is 0.326 e. The third-order valence-electron chi connectivity index (χ3n) is 5.29. The Kier molecular flexibility index (Phi) is 4.28. The number of carboxylic acids is 1. The van der Waals surface area contributed by atoms with Crippen LogP contribution in [0.4, 0.5) is 0 Å². The van der Waals surface area contributed by atoms with E-state index < -0.39 is 12.0 Å². The molecular formula is C18H23NO4. The van der Waals surface area contributed by atoms with E-state index in [4.69, 9.17) is 4.74 Å². The molecule has 2 fully saturated rings. The molecule has 1 amide bonds. The molecule has 5 nitrogen and oxygen atoms in total. The van der Waals surface area contributed by atoms with Gasteiger partial charge in [0.15, 0.2) is 0 Å². The van der Waals surface area contributed by atoms with Crippen LogP contribution in [-0.4, -0.2) is 41.6 Å². The zero-order chi connectivity index (χ0) is 16.6. The third kappa shape index (κ3) is 2.92. The van der Waals surface area contributed by atoms with Crippen molar-refractivity contribution in [2.45, 2.75) is 38.6 Å². The van der Waals surface area contributed by atoms with Crippen molar-refractivity contribution in [3.8, 4) is 5.75 Å². The van der Waals surface area contributed by atoms with Crippen molar-refractivity contribution in [1.82, 2.24) is 4.90 Å². The number of carbonyl (C=O) groups is 2. The monoisotopic (exact) mass is 317 g/mol. The highest BCUT2D eigenvalue weighted by Gasteiger charge is 2.49. The second-order valence-corrected chi connectivity index (χ2v) is 6.66. The zero-order valence-electron chi connectivity index (χ0n) is 13.6. The maximum atomic E-state index is 12.7. The Balaban J connectivity index is 1.76. The SMILES string of the molecule is COc1cc(CC(=O)N2CC3CCCC3C2C(=O)O)ccc1C. The van der Waals surface area contributed by atoms with Crippen LogP contribution in [0.15, 0.2) is 18.2 Å². The lowest BCUT2D eigenvalue weighted by Crippen LogP contribution is -2.43. The Bertz CT molecular complexity index is 627. The average Bonchev–Trinajstić information content (AvgIpc) is 3.09. The number of likely N-dealkylation sites (tertiary alicyclic amines) is 1. The van der Waals surface area contributed by atoms with Crippen LogP contribution in [-0.2, 0) is 16.0 Å². The van der Waals surface area contributed by atoms with Gasteiger partial charge < -0.3 is 14.7 Å². The standard InChI is InChI=1S/C18H23NO4/c1-11-6-7-12(8-15(11)23-2)9-16(20)19-10-13-4-3-5-14(13)17(19)18(21)22/h6-8,13-14,17H,3-5,9-10H2,1-2H3,(H,21,22). The Morgan fingerprint density at radius 2 is 2.13 bits per heavy atom. The number of nitrogens with zero attached hydrogens (tertiary/aromatic N) is 1. The van der Waals surface area contributed by atoms with E-state index in [9.17, 15) is 14.7 Å². The molecule has 0 aromatic heterocycles. The summed E-state index contributed by atoms with van der Waals surface area (Å²) in [5.41, 5.74) is 1.88. The van der Waals surface area contributed by atoms with Gasteiger partial charge in [0.1, 0.15) is 11.8 Å². The van der Waals surface area contributed by atoms with Crippen LogP contribution in [0.3, 0.4) is 0 Å². The molecule has 2 aliphatic rings. The Morgan fingerprint density at radius 1 is 1.35 bits per heavy atom. The summed E-state index contributed by atoms with van der Waals surface area (Å²) in [6.07, 6.45) is 3.26. The quantitative estimate of drug-likeness (QED) is 0.925. The van der Waals surface area contributed by atoms with Gasteiger partial charge in [-0.2, -0.15) is 0 Å². The van der Waals surface area contributed by atoms with Crippen molar-refractivity contribution in [1.29, 1.82) is 0 Å². The predicted octanol–water partition coefficient (Wildman–Crippen LogP) is 2.26. The van der Waals surface area contributed by atoms with Crippen LogP contribution in [0.5, 0.6) is 5.75 Å². The number of aryl methyl sites for hydroxylation is 1. The smallest absolute Gasteiger partial charge is 0.326 e. The predicted molar refractivity (Wildman–Crippen MR) is 85.4 cm³/mol.